The Hall–Kier alpha value is -3.77. The molecule has 4 aliphatic carbocycles. The molecule has 0 radical (unpaired) electrons. The van der Waals surface area contributed by atoms with Crippen LogP contribution in [0.15, 0.2) is 30.3 Å². The average molecular weight is 734 g/mol. The fraction of sp³-hybridized carbons (Fsp3) is 0.634. The highest BCUT2D eigenvalue weighted by Gasteiger charge is 2.67. The minimum absolute atomic E-state index is 0.105. The standard InChI is InChI=1S/C41H56BNO10/c1-22-23(15-16-42-52-32-21-26-20-31(40(26,8)9)41(32,10)53-42)12-14-30(33(22)36(47)50-38(2,3)4)49-27-17-25(18-27)35(46)34(43-37(48)51-39(5,6)7)24-11-13-28(44)29(45)19-24/h11-14,19,25-27,31-32,34,44-45H,15-18,20-21H2,1-10H3,(H,43,48)/t25?,26-,27?,31-,32+,34?,41-/m0/s1. The molecule has 2 bridgehead atoms. The van der Waals surface area contributed by atoms with E-state index < -0.39 is 41.0 Å². The van der Waals surface area contributed by atoms with Crippen molar-refractivity contribution in [3.63, 3.8) is 0 Å². The third-order valence-electron chi connectivity index (χ3n) is 11.9. The Morgan fingerprint density at radius 2 is 1.62 bits per heavy atom. The van der Waals surface area contributed by atoms with Crippen LogP contribution in [0, 0.1) is 30.1 Å². The van der Waals surface area contributed by atoms with E-state index in [-0.39, 0.29) is 41.9 Å². The van der Waals surface area contributed by atoms with Gasteiger partial charge in [0, 0.05) is 5.92 Å². The van der Waals surface area contributed by atoms with Gasteiger partial charge < -0.3 is 39.0 Å². The number of ketones is 1. The van der Waals surface area contributed by atoms with E-state index >= 15 is 0 Å². The molecule has 7 rings (SSSR count). The minimum Gasteiger partial charge on any atom is -0.504 e. The smallest absolute Gasteiger partial charge is 0.457 e. The largest absolute Gasteiger partial charge is 0.504 e. The van der Waals surface area contributed by atoms with Crippen LogP contribution in [0.4, 0.5) is 4.79 Å². The number of aromatic hydroxyl groups is 2. The lowest BCUT2D eigenvalue weighted by atomic mass is 9.43. The Morgan fingerprint density at radius 3 is 2.25 bits per heavy atom. The summed E-state index contributed by atoms with van der Waals surface area (Å²) in [6, 6.07) is 6.64. The van der Waals surface area contributed by atoms with E-state index in [1.54, 1.807) is 26.8 Å². The first kappa shape index (κ1) is 38.9. The maximum Gasteiger partial charge on any atom is 0.457 e. The number of nitrogens with one attached hydrogen (secondary N) is 1. The van der Waals surface area contributed by atoms with E-state index in [2.05, 4.69) is 26.1 Å². The zero-order valence-electron chi connectivity index (χ0n) is 32.8. The number of esters is 1. The Kier molecular flexibility index (Phi) is 10.2. The normalized spacial score (nSPS) is 27.8. The van der Waals surface area contributed by atoms with E-state index in [1.807, 2.05) is 33.8 Å². The first-order valence-corrected chi connectivity index (χ1v) is 19.0. The van der Waals surface area contributed by atoms with Crippen LogP contribution >= 0.6 is 0 Å². The second kappa shape index (κ2) is 13.8. The second-order valence-corrected chi connectivity index (χ2v) is 18.3. The first-order valence-electron chi connectivity index (χ1n) is 19.0. The van der Waals surface area contributed by atoms with Crippen LogP contribution in [0.3, 0.4) is 0 Å². The van der Waals surface area contributed by atoms with Crippen molar-refractivity contribution in [3.8, 4) is 17.2 Å². The van der Waals surface area contributed by atoms with Crippen molar-refractivity contribution in [1.29, 1.82) is 0 Å². The Labute approximate surface area is 313 Å². The van der Waals surface area contributed by atoms with E-state index in [0.29, 0.717) is 54.3 Å². The van der Waals surface area contributed by atoms with Crippen molar-refractivity contribution in [2.75, 3.05) is 0 Å². The Morgan fingerprint density at radius 1 is 0.943 bits per heavy atom. The highest BCUT2D eigenvalue weighted by atomic mass is 16.7. The van der Waals surface area contributed by atoms with Gasteiger partial charge in [-0.2, -0.15) is 0 Å². The fourth-order valence-electron chi connectivity index (χ4n) is 8.80. The summed E-state index contributed by atoms with van der Waals surface area (Å²) >= 11 is 0. The van der Waals surface area contributed by atoms with Gasteiger partial charge in [-0.15, -0.1) is 0 Å². The number of ether oxygens (including phenoxy) is 3. The summed E-state index contributed by atoms with van der Waals surface area (Å²) < 4.78 is 30.8. The van der Waals surface area contributed by atoms with Crippen molar-refractivity contribution in [2.24, 2.45) is 23.2 Å². The lowest BCUT2D eigenvalue weighted by Gasteiger charge is -2.64. The molecule has 5 aliphatic rings. The monoisotopic (exact) mass is 733 g/mol. The van der Waals surface area contributed by atoms with Crippen LogP contribution in [0.2, 0.25) is 6.32 Å². The molecule has 4 saturated carbocycles. The molecule has 1 aliphatic heterocycles. The van der Waals surface area contributed by atoms with Gasteiger partial charge in [-0.25, -0.2) is 9.59 Å². The van der Waals surface area contributed by atoms with E-state index in [0.717, 1.165) is 17.5 Å². The molecule has 53 heavy (non-hydrogen) atoms. The zero-order valence-corrected chi connectivity index (χ0v) is 32.8. The number of Topliss-reactive ketones (excluding diaryl/α,β-unsaturated/α-hetero) is 1. The molecule has 11 nitrogen and oxygen atoms in total. The summed E-state index contributed by atoms with van der Waals surface area (Å²) in [6.07, 6.45) is 3.16. The number of amides is 1. The molecule has 1 heterocycles. The van der Waals surface area contributed by atoms with Crippen LogP contribution in [-0.4, -0.2) is 64.2 Å². The molecule has 1 amide bonds. The average Bonchev–Trinajstić information content (AvgIpc) is 3.36. The van der Waals surface area contributed by atoms with E-state index in [4.69, 9.17) is 23.5 Å². The van der Waals surface area contributed by atoms with Gasteiger partial charge in [0.15, 0.2) is 17.3 Å². The van der Waals surface area contributed by atoms with Crippen LogP contribution in [0.5, 0.6) is 17.2 Å². The number of phenols is 2. The van der Waals surface area contributed by atoms with Gasteiger partial charge in [0.25, 0.3) is 0 Å². The Bertz CT molecular complexity index is 1760. The van der Waals surface area contributed by atoms with Gasteiger partial charge in [0.2, 0.25) is 0 Å². The molecule has 1 unspecified atom stereocenters. The SMILES string of the molecule is Cc1c(CCB2O[C@@H]3C[C@@H]4C[C@@H](C4(C)C)[C@]3(C)O2)ccc(OC2CC(C(=O)C(NC(=O)OC(C)(C)C)c3ccc(O)c(O)c3)C2)c1C(=O)OC(C)(C)C. The van der Waals surface area contributed by atoms with Gasteiger partial charge in [0.05, 0.1) is 11.7 Å². The van der Waals surface area contributed by atoms with Gasteiger partial charge in [-0.1, -0.05) is 26.0 Å². The zero-order chi connectivity index (χ0) is 38.8. The fourth-order valence-corrected chi connectivity index (χ4v) is 8.80. The summed E-state index contributed by atoms with van der Waals surface area (Å²) in [7, 11) is -0.316. The molecular formula is C41H56BNO10. The molecule has 2 aromatic carbocycles. The number of carbonyl (C=O) groups excluding carboxylic acids is 3. The van der Waals surface area contributed by atoms with Crippen molar-refractivity contribution in [1.82, 2.24) is 5.32 Å². The van der Waals surface area contributed by atoms with E-state index in [1.165, 1.54) is 24.6 Å². The lowest BCUT2D eigenvalue weighted by Crippen LogP contribution is -2.65. The van der Waals surface area contributed by atoms with Crippen LogP contribution in [-0.2, 0) is 30.0 Å². The molecule has 288 valence electrons. The van der Waals surface area contributed by atoms with E-state index in [9.17, 15) is 24.6 Å². The summed E-state index contributed by atoms with van der Waals surface area (Å²) in [4.78, 5) is 40.3. The van der Waals surface area contributed by atoms with Gasteiger partial charge >= 0.3 is 19.2 Å². The number of hydrogen-bond donors (Lipinski definition) is 3. The van der Waals surface area contributed by atoms with Gasteiger partial charge in [-0.05, 0) is 146 Å². The number of hydrogen-bond acceptors (Lipinski definition) is 10. The summed E-state index contributed by atoms with van der Waals surface area (Å²) in [5.74, 6) is -0.462. The molecule has 5 fully saturated rings. The van der Waals surface area contributed by atoms with Gasteiger partial charge in [-0.3, -0.25) is 4.79 Å². The molecule has 5 atom stereocenters. The maximum atomic E-state index is 13.8. The number of carbonyl (C=O) groups is 3. The molecule has 0 aromatic heterocycles. The predicted molar refractivity (Wildman–Crippen MR) is 199 cm³/mol. The van der Waals surface area contributed by atoms with Crippen LogP contribution in [0.1, 0.15) is 121 Å². The number of alkyl carbamates (subject to hydrolysis) is 1. The van der Waals surface area contributed by atoms with Crippen molar-refractivity contribution < 1.29 is 48.1 Å². The highest BCUT2D eigenvalue weighted by Crippen LogP contribution is 2.65. The number of rotatable bonds is 10. The lowest BCUT2D eigenvalue weighted by molar-refractivity contribution is -0.199. The van der Waals surface area contributed by atoms with Crippen molar-refractivity contribution in [2.45, 2.75) is 143 Å². The quantitative estimate of drug-likeness (QED) is 0.126. The molecular weight excluding hydrogens is 677 g/mol. The molecule has 0 spiro atoms. The molecule has 1 saturated heterocycles. The third kappa shape index (κ3) is 7.90. The number of benzene rings is 2. The maximum absolute atomic E-state index is 13.8. The van der Waals surface area contributed by atoms with Crippen molar-refractivity contribution >= 4 is 25.0 Å². The predicted octanol–water partition coefficient (Wildman–Crippen LogP) is 7.62. The van der Waals surface area contributed by atoms with Crippen molar-refractivity contribution in [3.05, 3.63) is 52.6 Å². The van der Waals surface area contributed by atoms with Crippen LogP contribution in [0.25, 0.3) is 0 Å². The second-order valence-electron chi connectivity index (χ2n) is 18.3. The summed E-state index contributed by atoms with van der Waals surface area (Å²) in [5.41, 5.74) is 0.866. The Balaban J connectivity index is 1.14. The molecule has 2 aromatic rings. The molecule has 12 heteroatoms. The van der Waals surface area contributed by atoms with Gasteiger partial charge in [0.1, 0.15) is 34.7 Å². The number of phenolic OH excluding ortho intramolecular Hbond substituents is 2. The summed E-state index contributed by atoms with van der Waals surface area (Å²) in [6.45, 7) is 19.4. The minimum atomic E-state index is -1.13. The topological polar surface area (TPSA) is 150 Å². The van der Waals surface area contributed by atoms with Crippen LogP contribution < -0.4 is 10.1 Å². The third-order valence-corrected chi connectivity index (χ3v) is 11.9. The first-order chi connectivity index (χ1) is 24.6. The molecule has 3 N–H and O–H groups in total. The summed E-state index contributed by atoms with van der Waals surface area (Å²) in [5, 5.41) is 22.6. The highest BCUT2D eigenvalue weighted by molar-refractivity contribution is 6.45. The number of aryl methyl sites for hydroxylation is 1.